The summed E-state index contributed by atoms with van der Waals surface area (Å²) >= 11 is 1.77. The van der Waals surface area contributed by atoms with Gasteiger partial charge in [0, 0.05) is 18.0 Å². The number of carbonyl (C=O) groups excluding carboxylic acids is 1. The van der Waals surface area contributed by atoms with Crippen LogP contribution in [0.4, 0.5) is 0 Å². The van der Waals surface area contributed by atoms with Crippen LogP contribution in [0.25, 0.3) is 0 Å². The van der Waals surface area contributed by atoms with Crippen molar-refractivity contribution in [1.29, 1.82) is 0 Å². The number of rotatable bonds is 5. The molecule has 1 saturated heterocycles. The quantitative estimate of drug-likeness (QED) is 0.838. The van der Waals surface area contributed by atoms with Gasteiger partial charge in [-0.15, -0.1) is 11.3 Å². The summed E-state index contributed by atoms with van der Waals surface area (Å²) in [5.74, 6) is 0.504. The van der Waals surface area contributed by atoms with Crippen molar-refractivity contribution in [2.45, 2.75) is 19.4 Å². The average Bonchev–Trinajstić information content (AvgIpc) is 2.90. The summed E-state index contributed by atoms with van der Waals surface area (Å²) in [6.45, 7) is 4.80. The lowest BCUT2D eigenvalue weighted by Crippen LogP contribution is -2.51. The number of morpholine rings is 1. The Balaban J connectivity index is 1.68. The first kappa shape index (κ1) is 13.5. The van der Waals surface area contributed by atoms with Gasteiger partial charge in [0.1, 0.15) is 6.04 Å². The molecule has 0 saturated carbocycles. The van der Waals surface area contributed by atoms with Crippen LogP contribution in [-0.2, 0) is 16.0 Å². The lowest BCUT2D eigenvalue weighted by molar-refractivity contribution is -0.126. The highest BCUT2D eigenvalue weighted by atomic mass is 32.1. The zero-order valence-electron chi connectivity index (χ0n) is 10.6. The minimum Gasteiger partial charge on any atom is -0.378 e. The van der Waals surface area contributed by atoms with Gasteiger partial charge >= 0.3 is 0 Å². The van der Waals surface area contributed by atoms with Crippen LogP contribution in [0.5, 0.6) is 0 Å². The summed E-state index contributed by atoms with van der Waals surface area (Å²) in [4.78, 5) is 13.2. The lowest BCUT2D eigenvalue weighted by Gasteiger charge is -2.23. The molecule has 2 N–H and O–H groups in total. The van der Waals surface area contributed by atoms with E-state index in [2.05, 4.69) is 35.1 Å². The standard InChI is InChI=1S/C13H20N2O2S/c1-10(7-11-3-2-6-18-11)8-15-13(16)12-9-17-5-4-14-12/h2-3,6,10,12,14H,4-5,7-9H2,1H3,(H,15,16). The summed E-state index contributed by atoms with van der Waals surface area (Å²) in [5, 5.41) is 8.23. The Kier molecular flexibility index (Phi) is 5.16. The fourth-order valence-corrected chi connectivity index (χ4v) is 2.85. The van der Waals surface area contributed by atoms with Gasteiger partial charge in [0.2, 0.25) is 5.91 Å². The van der Waals surface area contributed by atoms with Crippen molar-refractivity contribution in [3.63, 3.8) is 0 Å². The van der Waals surface area contributed by atoms with Crippen LogP contribution < -0.4 is 10.6 Å². The molecule has 1 aliphatic heterocycles. The fraction of sp³-hybridized carbons (Fsp3) is 0.615. The predicted molar refractivity (Wildman–Crippen MR) is 72.8 cm³/mol. The zero-order chi connectivity index (χ0) is 12.8. The largest absolute Gasteiger partial charge is 0.378 e. The molecular formula is C13H20N2O2S. The second-order valence-corrected chi connectivity index (χ2v) is 5.75. The molecule has 0 aromatic carbocycles. The molecule has 4 nitrogen and oxygen atoms in total. The maximum atomic E-state index is 11.9. The Morgan fingerprint density at radius 2 is 2.61 bits per heavy atom. The first-order valence-corrected chi connectivity index (χ1v) is 7.25. The van der Waals surface area contributed by atoms with Crippen LogP contribution in [0.1, 0.15) is 11.8 Å². The van der Waals surface area contributed by atoms with Crippen molar-refractivity contribution in [2.75, 3.05) is 26.3 Å². The van der Waals surface area contributed by atoms with Crippen LogP contribution >= 0.6 is 11.3 Å². The topological polar surface area (TPSA) is 50.4 Å². The Bertz CT molecular complexity index is 361. The molecule has 0 bridgehead atoms. The van der Waals surface area contributed by atoms with Gasteiger partial charge in [0.15, 0.2) is 0 Å². The van der Waals surface area contributed by atoms with E-state index in [1.807, 2.05) is 0 Å². The van der Waals surface area contributed by atoms with E-state index in [1.54, 1.807) is 11.3 Å². The highest BCUT2D eigenvalue weighted by Crippen LogP contribution is 2.13. The molecule has 1 amide bonds. The number of hydrogen-bond acceptors (Lipinski definition) is 4. The van der Waals surface area contributed by atoms with Gasteiger partial charge in [-0.3, -0.25) is 4.79 Å². The van der Waals surface area contributed by atoms with Gasteiger partial charge in [0.05, 0.1) is 13.2 Å². The summed E-state index contributed by atoms with van der Waals surface area (Å²) in [6.07, 6.45) is 1.02. The molecule has 18 heavy (non-hydrogen) atoms. The van der Waals surface area contributed by atoms with Crippen molar-refractivity contribution >= 4 is 17.2 Å². The van der Waals surface area contributed by atoms with Crippen molar-refractivity contribution in [1.82, 2.24) is 10.6 Å². The maximum Gasteiger partial charge on any atom is 0.239 e. The molecule has 2 unspecified atom stereocenters. The molecule has 5 heteroatoms. The first-order chi connectivity index (χ1) is 8.75. The Morgan fingerprint density at radius 1 is 1.72 bits per heavy atom. The van der Waals surface area contributed by atoms with Gasteiger partial charge < -0.3 is 15.4 Å². The molecule has 2 rings (SSSR count). The van der Waals surface area contributed by atoms with Crippen molar-refractivity contribution in [2.24, 2.45) is 5.92 Å². The molecule has 0 radical (unpaired) electrons. The fourth-order valence-electron chi connectivity index (χ4n) is 1.98. The third-order valence-corrected chi connectivity index (χ3v) is 3.89. The van der Waals surface area contributed by atoms with Crippen LogP contribution in [0, 0.1) is 5.92 Å². The Labute approximate surface area is 112 Å². The third-order valence-electron chi connectivity index (χ3n) is 2.99. The highest BCUT2D eigenvalue weighted by Gasteiger charge is 2.21. The molecule has 100 valence electrons. The summed E-state index contributed by atoms with van der Waals surface area (Å²) in [7, 11) is 0. The summed E-state index contributed by atoms with van der Waals surface area (Å²) < 4.78 is 5.27. The van der Waals surface area contributed by atoms with E-state index in [9.17, 15) is 4.79 Å². The number of hydrogen-bond donors (Lipinski definition) is 2. The first-order valence-electron chi connectivity index (χ1n) is 6.37. The Morgan fingerprint density at radius 3 is 3.28 bits per heavy atom. The van der Waals surface area contributed by atoms with E-state index in [0.29, 0.717) is 19.1 Å². The molecule has 1 aromatic rings. The number of amides is 1. The zero-order valence-corrected chi connectivity index (χ0v) is 11.5. The van der Waals surface area contributed by atoms with Gasteiger partial charge in [-0.25, -0.2) is 0 Å². The van der Waals surface area contributed by atoms with E-state index in [0.717, 1.165) is 19.5 Å². The lowest BCUT2D eigenvalue weighted by atomic mass is 10.1. The van der Waals surface area contributed by atoms with Crippen molar-refractivity contribution in [3.05, 3.63) is 22.4 Å². The van der Waals surface area contributed by atoms with Gasteiger partial charge in [-0.1, -0.05) is 13.0 Å². The summed E-state index contributed by atoms with van der Waals surface area (Å²) in [5.41, 5.74) is 0. The molecule has 1 fully saturated rings. The summed E-state index contributed by atoms with van der Waals surface area (Å²) in [6, 6.07) is 4.02. The van der Waals surface area contributed by atoms with Crippen molar-refractivity contribution < 1.29 is 9.53 Å². The van der Waals surface area contributed by atoms with E-state index in [-0.39, 0.29) is 11.9 Å². The minimum atomic E-state index is -0.187. The number of carbonyl (C=O) groups is 1. The molecule has 2 heterocycles. The molecule has 2 atom stereocenters. The number of thiophene rings is 1. The molecule has 0 spiro atoms. The second kappa shape index (κ2) is 6.87. The van der Waals surface area contributed by atoms with Crippen LogP contribution in [0.15, 0.2) is 17.5 Å². The Hall–Kier alpha value is -0.910. The van der Waals surface area contributed by atoms with Crippen LogP contribution in [0.2, 0.25) is 0 Å². The van der Waals surface area contributed by atoms with Crippen LogP contribution in [-0.4, -0.2) is 38.3 Å². The molecule has 0 aliphatic carbocycles. The maximum absolute atomic E-state index is 11.9. The van der Waals surface area contributed by atoms with Gasteiger partial charge in [0.25, 0.3) is 0 Å². The minimum absolute atomic E-state index is 0.0488. The third kappa shape index (κ3) is 4.08. The number of ether oxygens (including phenoxy) is 1. The van der Waals surface area contributed by atoms with E-state index >= 15 is 0 Å². The molecule has 1 aliphatic rings. The highest BCUT2D eigenvalue weighted by molar-refractivity contribution is 7.09. The van der Waals surface area contributed by atoms with Crippen molar-refractivity contribution in [3.8, 4) is 0 Å². The average molecular weight is 268 g/mol. The smallest absolute Gasteiger partial charge is 0.239 e. The predicted octanol–water partition coefficient (Wildman–Crippen LogP) is 1.03. The monoisotopic (exact) mass is 268 g/mol. The van der Waals surface area contributed by atoms with E-state index in [4.69, 9.17) is 4.74 Å². The normalized spacial score (nSPS) is 21.5. The number of nitrogens with one attached hydrogen (secondary N) is 2. The molecule has 1 aromatic heterocycles. The van der Waals surface area contributed by atoms with Gasteiger partial charge in [-0.05, 0) is 23.8 Å². The van der Waals surface area contributed by atoms with Gasteiger partial charge in [-0.2, -0.15) is 0 Å². The van der Waals surface area contributed by atoms with E-state index < -0.39 is 0 Å². The molecular weight excluding hydrogens is 248 g/mol. The SMILES string of the molecule is CC(CNC(=O)C1COCCN1)Cc1cccs1. The van der Waals surface area contributed by atoms with Crippen LogP contribution in [0.3, 0.4) is 0 Å². The van der Waals surface area contributed by atoms with E-state index in [1.165, 1.54) is 4.88 Å². The second-order valence-electron chi connectivity index (χ2n) is 4.72.